The van der Waals surface area contributed by atoms with Gasteiger partial charge in [-0.2, -0.15) is 0 Å². The molecule has 0 bridgehead atoms. The quantitative estimate of drug-likeness (QED) is 0.320. The van der Waals surface area contributed by atoms with Gasteiger partial charge in [0.2, 0.25) is 11.8 Å². The SMILES string of the molecule is CCCN(C(C)=O)C(C)CCN(C)CCC(C)(C(=O)NC(C)c1ccccc1)c1ccc(Cl)c(Cl)c1. The van der Waals surface area contributed by atoms with Crippen LogP contribution in [0.2, 0.25) is 10.0 Å². The van der Waals surface area contributed by atoms with Gasteiger partial charge in [0.1, 0.15) is 0 Å². The normalized spacial score (nSPS) is 14.7. The van der Waals surface area contributed by atoms with Crippen molar-refractivity contribution < 1.29 is 9.59 Å². The highest BCUT2D eigenvalue weighted by Gasteiger charge is 2.36. The number of amides is 2. The van der Waals surface area contributed by atoms with Gasteiger partial charge in [-0.15, -0.1) is 0 Å². The number of nitrogens with one attached hydrogen (secondary N) is 1. The fourth-order valence-corrected chi connectivity index (χ4v) is 4.73. The molecule has 3 unspecified atom stereocenters. The van der Waals surface area contributed by atoms with Gasteiger partial charge in [-0.1, -0.05) is 66.5 Å². The molecule has 0 aliphatic carbocycles. The molecule has 0 saturated carbocycles. The van der Waals surface area contributed by atoms with Crippen molar-refractivity contribution in [2.45, 2.75) is 71.4 Å². The van der Waals surface area contributed by atoms with Gasteiger partial charge in [-0.25, -0.2) is 0 Å². The van der Waals surface area contributed by atoms with E-state index in [0.717, 1.165) is 37.1 Å². The Balaban J connectivity index is 2.14. The molecule has 0 spiro atoms. The van der Waals surface area contributed by atoms with Gasteiger partial charge in [-0.05, 0) is 83.4 Å². The van der Waals surface area contributed by atoms with Crippen molar-refractivity contribution in [1.82, 2.24) is 15.1 Å². The van der Waals surface area contributed by atoms with Crippen LogP contribution in [-0.2, 0) is 15.0 Å². The average Bonchev–Trinajstić information content (AvgIpc) is 2.86. The Morgan fingerprint density at radius 2 is 1.67 bits per heavy atom. The van der Waals surface area contributed by atoms with Crippen LogP contribution >= 0.6 is 23.2 Å². The zero-order chi connectivity index (χ0) is 26.9. The maximum atomic E-state index is 13.7. The maximum Gasteiger partial charge on any atom is 0.230 e. The summed E-state index contributed by atoms with van der Waals surface area (Å²) in [6, 6.07) is 15.4. The zero-order valence-corrected chi connectivity index (χ0v) is 24.0. The van der Waals surface area contributed by atoms with E-state index in [4.69, 9.17) is 23.2 Å². The van der Waals surface area contributed by atoms with Crippen LogP contribution in [0, 0.1) is 0 Å². The van der Waals surface area contributed by atoms with Crippen molar-refractivity contribution in [3.8, 4) is 0 Å². The maximum absolute atomic E-state index is 13.7. The Morgan fingerprint density at radius 3 is 2.25 bits per heavy atom. The van der Waals surface area contributed by atoms with Gasteiger partial charge in [0.05, 0.1) is 21.5 Å². The van der Waals surface area contributed by atoms with E-state index in [9.17, 15) is 9.59 Å². The first-order valence-corrected chi connectivity index (χ1v) is 13.5. The highest BCUT2D eigenvalue weighted by molar-refractivity contribution is 6.42. The average molecular weight is 535 g/mol. The third kappa shape index (κ3) is 8.22. The molecule has 2 amide bonds. The van der Waals surface area contributed by atoms with Crippen LogP contribution in [0.25, 0.3) is 0 Å². The molecule has 1 N–H and O–H groups in total. The largest absolute Gasteiger partial charge is 0.349 e. The molecule has 0 aliphatic rings. The van der Waals surface area contributed by atoms with E-state index in [2.05, 4.69) is 31.1 Å². The van der Waals surface area contributed by atoms with Gasteiger partial charge in [0.15, 0.2) is 0 Å². The van der Waals surface area contributed by atoms with Crippen molar-refractivity contribution in [2.24, 2.45) is 0 Å². The fourth-order valence-electron chi connectivity index (χ4n) is 4.43. The van der Waals surface area contributed by atoms with Crippen LogP contribution in [-0.4, -0.2) is 54.3 Å². The lowest BCUT2D eigenvalue weighted by atomic mass is 9.78. The number of hydrogen-bond donors (Lipinski definition) is 1. The van der Waals surface area contributed by atoms with E-state index >= 15 is 0 Å². The summed E-state index contributed by atoms with van der Waals surface area (Å²) in [5.41, 5.74) is 1.09. The lowest BCUT2D eigenvalue weighted by Crippen LogP contribution is -2.45. The molecule has 0 radical (unpaired) electrons. The van der Waals surface area contributed by atoms with Gasteiger partial charge in [-0.3, -0.25) is 9.59 Å². The van der Waals surface area contributed by atoms with E-state index in [1.54, 1.807) is 19.1 Å². The molecule has 3 atom stereocenters. The van der Waals surface area contributed by atoms with E-state index < -0.39 is 5.41 Å². The van der Waals surface area contributed by atoms with E-state index in [1.807, 2.05) is 55.1 Å². The Hall–Kier alpha value is -2.08. The molecule has 7 heteroatoms. The van der Waals surface area contributed by atoms with Gasteiger partial charge < -0.3 is 15.1 Å². The molecule has 2 aromatic rings. The minimum Gasteiger partial charge on any atom is -0.349 e. The van der Waals surface area contributed by atoms with Crippen LogP contribution < -0.4 is 5.32 Å². The summed E-state index contributed by atoms with van der Waals surface area (Å²) in [6.45, 7) is 12.1. The van der Waals surface area contributed by atoms with Crippen LogP contribution in [0.5, 0.6) is 0 Å². The highest BCUT2D eigenvalue weighted by atomic mass is 35.5. The third-order valence-electron chi connectivity index (χ3n) is 7.03. The van der Waals surface area contributed by atoms with Gasteiger partial charge in [0.25, 0.3) is 0 Å². The summed E-state index contributed by atoms with van der Waals surface area (Å²) in [6.07, 6.45) is 2.42. The molecular formula is C29H41Cl2N3O2. The van der Waals surface area contributed by atoms with Crippen LogP contribution in [0.3, 0.4) is 0 Å². The molecule has 198 valence electrons. The zero-order valence-electron chi connectivity index (χ0n) is 22.5. The Morgan fingerprint density at radius 1 is 1.00 bits per heavy atom. The second-order valence-electron chi connectivity index (χ2n) is 9.97. The topological polar surface area (TPSA) is 52.7 Å². The molecule has 0 aromatic heterocycles. The van der Waals surface area contributed by atoms with E-state index in [0.29, 0.717) is 23.0 Å². The number of rotatable bonds is 13. The number of carbonyl (C=O) groups excluding carboxylic acids is 2. The molecule has 2 aromatic carbocycles. The molecule has 0 fully saturated rings. The number of benzene rings is 2. The van der Waals surface area contributed by atoms with Crippen LogP contribution in [0.15, 0.2) is 48.5 Å². The monoisotopic (exact) mass is 533 g/mol. The fraction of sp³-hybridized carbons (Fsp3) is 0.517. The summed E-state index contributed by atoms with van der Waals surface area (Å²) in [4.78, 5) is 29.9. The standard InChI is InChI=1S/C29H41Cl2N3O2/c1-7-17-34(23(4)35)21(2)15-18-33(6)19-16-29(5,25-13-14-26(30)27(31)20-25)28(36)32-22(3)24-11-9-8-10-12-24/h8-14,20-22H,7,15-19H2,1-6H3,(H,32,36). The first-order chi connectivity index (χ1) is 17.0. The minimum atomic E-state index is -0.801. The van der Waals surface area contributed by atoms with Gasteiger partial charge in [0, 0.05) is 19.5 Å². The lowest BCUT2D eigenvalue weighted by molar-refractivity contribution is -0.131. The molecule has 36 heavy (non-hydrogen) atoms. The minimum absolute atomic E-state index is 0.0512. The molecule has 0 heterocycles. The summed E-state index contributed by atoms with van der Waals surface area (Å²) in [7, 11) is 2.06. The first-order valence-electron chi connectivity index (χ1n) is 12.8. The summed E-state index contributed by atoms with van der Waals surface area (Å²) in [5, 5.41) is 4.11. The smallest absolute Gasteiger partial charge is 0.230 e. The lowest BCUT2D eigenvalue weighted by Gasteiger charge is -2.33. The Kier molecular flexibility index (Phi) is 11.7. The van der Waals surface area contributed by atoms with Crippen molar-refractivity contribution >= 4 is 35.0 Å². The first kappa shape index (κ1) is 30.1. The molecule has 0 aliphatic heterocycles. The summed E-state index contributed by atoms with van der Waals surface area (Å²) in [5.74, 6) is 0.0631. The molecule has 5 nitrogen and oxygen atoms in total. The third-order valence-corrected chi connectivity index (χ3v) is 7.77. The second-order valence-corrected chi connectivity index (χ2v) is 10.8. The van der Waals surface area contributed by atoms with Crippen molar-refractivity contribution in [2.75, 3.05) is 26.7 Å². The van der Waals surface area contributed by atoms with Crippen LogP contribution in [0.1, 0.15) is 71.0 Å². The number of nitrogens with zero attached hydrogens (tertiary/aromatic N) is 2. The second kappa shape index (κ2) is 14.0. The van der Waals surface area contributed by atoms with E-state index in [-0.39, 0.29) is 23.9 Å². The molecule has 0 saturated heterocycles. The van der Waals surface area contributed by atoms with Crippen molar-refractivity contribution in [3.63, 3.8) is 0 Å². The van der Waals surface area contributed by atoms with Crippen molar-refractivity contribution in [1.29, 1.82) is 0 Å². The summed E-state index contributed by atoms with van der Waals surface area (Å²) < 4.78 is 0. The van der Waals surface area contributed by atoms with Crippen LogP contribution in [0.4, 0.5) is 0 Å². The van der Waals surface area contributed by atoms with E-state index in [1.165, 1.54) is 0 Å². The van der Waals surface area contributed by atoms with Gasteiger partial charge >= 0.3 is 0 Å². The number of hydrogen-bond acceptors (Lipinski definition) is 3. The highest BCUT2D eigenvalue weighted by Crippen LogP contribution is 2.34. The predicted octanol–water partition coefficient (Wildman–Crippen LogP) is 6.49. The Labute approximate surface area is 227 Å². The Bertz CT molecular complexity index is 1000. The molecule has 2 rings (SSSR count). The van der Waals surface area contributed by atoms with Crippen molar-refractivity contribution in [3.05, 3.63) is 69.7 Å². The summed E-state index contributed by atoms with van der Waals surface area (Å²) >= 11 is 12.5. The predicted molar refractivity (Wildman–Crippen MR) is 151 cm³/mol. The number of carbonyl (C=O) groups is 2. The number of halogens is 2. The molecular weight excluding hydrogens is 493 g/mol.